The van der Waals surface area contributed by atoms with E-state index in [-0.39, 0.29) is 23.8 Å². The molecule has 0 N–H and O–H groups in total. The summed E-state index contributed by atoms with van der Waals surface area (Å²) in [5.41, 5.74) is 0. The molecule has 6 heteroatoms. The van der Waals surface area contributed by atoms with Gasteiger partial charge in [0.1, 0.15) is 0 Å². The van der Waals surface area contributed by atoms with E-state index >= 15 is 0 Å². The fourth-order valence-corrected chi connectivity index (χ4v) is 3.22. The summed E-state index contributed by atoms with van der Waals surface area (Å²) >= 11 is 0. The smallest absolute Gasteiger partial charge is 0.310 e. The monoisotopic (exact) mass is 355 g/mol. The number of rotatable bonds is 13. The standard InChI is InChI=1S/C19H33NO5/c1-24-18(22)12-10-8-6-4-3-5-7-9-11-13-20-15-16(14-17(20)21)19(23)25-2/h16H,3-15H2,1-2H3. The normalized spacial score (nSPS) is 17.0. The molecular weight excluding hydrogens is 322 g/mol. The number of methoxy groups -OCH3 is 2. The molecule has 25 heavy (non-hydrogen) atoms. The zero-order valence-electron chi connectivity index (χ0n) is 15.8. The minimum Gasteiger partial charge on any atom is -0.469 e. The molecule has 0 bridgehead atoms. The Hall–Kier alpha value is -1.59. The molecule has 1 fully saturated rings. The van der Waals surface area contributed by atoms with Gasteiger partial charge in [-0.2, -0.15) is 0 Å². The van der Waals surface area contributed by atoms with Gasteiger partial charge < -0.3 is 14.4 Å². The number of ether oxygens (including phenoxy) is 2. The Balaban J connectivity index is 1.91. The van der Waals surface area contributed by atoms with Crippen molar-refractivity contribution in [3.63, 3.8) is 0 Å². The van der Waals surface area contributed by atoms with E-state index in [1.165, 1.54) is 46.3 Å². The Kier molecular flexibility index (Phi) is 10.9. The summed E-state index contributed by atoms with van der Waals surface area (Å²) in [5.74, 6) is -0.601. The third-order valence-electron chi connectivity index (χ3n) is 4.79. The van der Waals surface area contributed by atoms with Gasteiger partial charge in [0.05, 0.1) is 20.1 Å². The van der Waals surface area contributed by atoms with Gasteiger partial charge >= 0.3 is 11.9 Å². The average molecular weight is 355 g/mol. The second kappa shape index (κ2) is 12.7. The van der Waals surface area contributed by atoms with Crippen LogP contribution in [0, 0.1) is 5.92 Å². The van der Waals surface area contributed by atoms with E-state index in [0.29, 0.717) is 19.4 Å². The van der Waals surface area contributed by atoms with Crippen molar-refractivity contribution in [1.29, 1.82) is 0 Å². The van der Waals surface area contributed by atoms with Crippen LogP contribution in [-0.2, 0) is 23.9 Å². The van der Waals surface area contributed by atoms with Crippen LogP contribution in [0.1, 0.15) is 70.6 Å². The lowest BCUT2D eigenvalue weighted by Gasteiger charge is -2.15. The van der Waals surface area contributed by atoms with Gasteiger partial charge in [-0.1, -0.05) is 44.9 Å². The molecule has 144 valence electrons. The van der Waals surface area contributed by atoms with Crippen molar-refractivity contribution in [3.8, 4) is 0 Å². The Morgan fingerprint density at radius 3 is 2.04 bits per heavy atom. The van der Waals surface area contributed by atoms with Crippen molar-refractivity contribution >= 4 is 17.8 Å². The molecule has 1 aliphatic rings. The van der Waals surface area contributed by atoms with E-state index in [0.717, 1.165) is 32.2 Å². The number of carbonyl (C=O) groups excluding carboxylic acids is 3. The van der Waals surface area contributed by atoms with Gasteiger partial charge in [-0.3, -0.25) is 14.4 Å². The minimum absolute atomic E-state index is 0.0716. The first kappa shape index (κ1) is 21.5. The number of amides is 1. The Labute approximate surface area is 151 Å². The van der Waals surface area contributed by atoms with Crippen LogP contribution >= 0.6 is 0 Å². The number of nitrogens with zero attached hydrogens (tertiary/aromatic N) is 1. The summed E-state index contributed by atoms with van der Waals surface area (Å²) < 4.78 is 9.33. The molecule has 1 aliphatic heterocycles. The quantitative estimate of drug-likeness (QED) is 0.375. The topological polar surface area (TPSA) is 72.9 Å². The molecule has 1 rings (SSSR count). The zero-order chi connectivity index (χ0) is 18.5. The van der Waals surface area contributed by atoms with Crippen LogP contribution in [0.25, 0.3) is 0 Å². The maximum atomic E-state index is 11.8. The third kappa shape index (κ3) is 8.89. The molecule has 1 atom stereocenters. The van der Waals surface area contributed by atoms with Gasteiger partial charge in [0.15, 0.2) is 0 Å². The van der Waals surface area contributed by atoms with Crippen LogP contribution in [-0.4, -0.2) is 50.1 Å². The molecule has 1 heterocycles. The van der Waals surface area contributed by atoms with Gasteiger partial charge in [0, 0.05) is 25.9 Å². The SMILES string of the molecule is COC(=O)CCCCCCCCCCCN1CC(C(=O)OC)CC1=O. The highest BCUT2D eigenvalue weighted by atomic mass is 16.5. The van der Waals surface area contributed by atoms with Crippen LogP contribution in [0.3, 0.4) is 0 Å². The van der Waals surface area contributed by atoms with Gasteiger partial charge in [-0.05, 0) is 12.8 Å². The van der Waals surface area contributed by atoms with Crippen LogP contribution in [0.5, 0.6) is 0 Å². The minimum atomic E-state index is -0.281. The van der Waals surface area contributed by atoms with E-state index in [2.05, 4.69) is 4.74 Å². The van der Waals surface area contributed by atoms with Crippen molar-refractivity contribution in [1.82, 2.24) is 4.90 Å². The first-order valence-electron chi connectivity index (χ1n) is 9.51. The molecule has 0 aromatic heterocycles. The molecule has 1 amide bonds. The number of hydrogen-bond donors (Lipinski definition) is 0. The van der Waals surface area contributed by atoms with Crippen LogP contribution in [0.2, 0.25) is 0 Å². The Morgan fingerprint density at radius 2 is 1.48 bits per heavy atom. The van der Waals surface area contributed by atoms with Crippen LogP contribution < -0.4 is 0 Å². The van der Waals surface area contributed by atoms with Crippen molar-refractivity contribution in [2.75, 3.05) is 27.3 Å². The van der Waals surface area contributed by atoms with Gasteiger partial charge in [0.2, 0.25) is 5.91 Å². The van der Waals surface area contributed by atoms with Crippen molar-refractivity contribution in [2.24, 2.45) is 5.92 Å². The fourth-order valence-electron chi connectivity index (χ4n) is 3.22. The molecule has 0 aromatic rings. The molecular formula is C19H33NO5. The van der Waals surface area contributed by atoms with Crippen LogP contribution in [0.4, 0.5) is 0 Å². The summed E-state index contributed by atoms with van der Waals surface area (Å²) in [5, 5.41) is 0. The zero-order valence-corrected chi connectivity index (χ0v) is 15.8. The molecule has 6 nitrogen and oxygen atoms in total. The summed E-state index contributed by atoms with van der Waals surface area (Å²) in [6.45, 7) is 1.26. The Bertz CT molecular complexity index is 424. The lowest BCUT2D eigenvalue weighted by atomic mass is 10.1. The molecule has 0 spiro atoms. The number of esters is 2. The largest absolute Gasteiger partial charge is 0.469 e. The number of likely N-dealkylation sites (tertiary alicyclic amines) is 1. The van der Waals surface area contributed by atoms with Crippen molar-refractivity contribution < 1.29 is 23.9 Å². The van der Waals surface area contributed by atoms with Crippen molar-refractivity contribution in [3.05, 3.63) is 0 Å². The molecule has 0 aromatic carbocycles. The van der Waals surface area contributed by atoms with Crippen molar-refractivity contribution in [2.45, 2.75) is 70.6 Å². The first-order valence-corrected chi connectivity index (χ1v) is 9.51. The Morgan fingerprint density at radius 1 is 0.920 bits per heavy atom. The first-order chi connectivity index (χ1) is 12.1. The number of hydrogen-bond acceptors (Lipinski definition) is 5. The highest BCUT2D eigenvalue weighted by Gasteiger charge is 2.34. The lowest BCUT2D eigenvalue weighted by molar-refractivity contribution is -0.145. The van der Waals surface area contributed by atoms with E-state index in [4.69, 9.17) is 4.74 Å². The predicted molar refractivity (Wildman–Crippen MR) is 94.9 cm³/mol. The molecule has 0 aliphatic carbocycles. The molecule has 0 saturated carbocycles. The lowest BCUT2D eigenvalue weighted by Crippen LogP contribution is -2.27. The van der Waals surface area contributed by atoms with E-state index < -0.39 is 0 Å². The number of carbonyl (C=O) groups is 3. The molecule has 0 radical (unpaired) electrons. The number of unbranched alkanes of at least 4 members (excludes halogenated alkanes) is 8. The van der Waals surface area contributed by atoms with Gasteiger partial charge in [0.25, 0.3) is 0 Å². The third-order valence-corrected chi connectivity index (χ3v) is 4.79. The van der Waals surface area contributed by atoms with Crippen LogP contribution in [0.15, 0.2) is 0 Å². The molecule has 1 saturated heterocycles. The van der Waals surface area contributed by atoms with E-state index in [1.807, 2.05) is 0 Å². The van der Waals surface area contributed by atoms with E-state index in [1.54, 1.807) is 4.90 Å². The summed E-state index contributed by atoms with van der Waals surface area (Å²) in [6.07, 6.45) is 11.0. The summed E-state index contributed by atoms with van der Waals surface area (Å²) in [4.78, 5) is 36.1. The fraction of sp³-hybridized carbons (Fsp3) is 0.842. The summed E-state index contributed by atoms with van der Waals surface area (Å²) in [6, 6.07) is 0. The maximum absolute atomic E-state index is 11.8. The van der Waals surface area contributed by atoms with Gasteiger partial charge in [-0.25, -0.2) is 0 Å². The second-order valence-electron chi connectivity index (χ2n) is 6.77. The molecule has 1 unspecified atom stereocenters. The average Bonchev–Trinajstić information content (AvgIpc) is 2.99. The highest BCUT2D eigenvalue weighted by molar-refractivity contribution is 5.86. The summed E-state index contributed by atoms with van der Waals surface area (Å²) in [7, 11) is 2.80. The highest BCUT2D eigenvalue weighted by Crippen LogP contribution is 2.20. The van der Waals surface area contributed by atoms with Gasteiger partial charge in [-0.15, -0.1) is 0 Å². The maximum Gasteiger partial charge on any atom is 0.310 e. The predicted octanol–water partition coefficient (Wildman–Crippen LogP) is 3.08. The van der Waals surface area contributed by atoms with E-state index in [9.17, 15) is 14.4 Å². The second-order valence-corrected chi connectivity index (χ2v) is 6.77.